The SMILES string of the molecule is O=C(NC1CCCC1)C1CC2CC2C1. The van der Waals surface area contributed by atoms with Crippen LogP contribution in [0.3, 0.4) is 0 Å². The highest BCUT2D eigenvalue weighted by molar-refractivity contribution is 5.79. The molecule has 2 unspecified atom stereocenters. The van der Waals surface area contributed by atoms with Crippen molar-refractivity contribution in [1.29, 1.82) is 0 Å². The molecule has 2 heteroatoms. The van der Waals surface area contributed by atoms with Gasteiger partial charge in [0.05, 0.1) is 0 Å². The summed E-state index contributed by atoms with van der Waals surface area (Å²) in [5.41, 5.74) is 0. The molecule has 3 aliphatic rings. The van der Waals surface area contributed by atoms with Gasteiger partial charge in [0, 0.05) is 12.0 Å². The summed E-state index contributed by atoms with van der Waals surface area (Å²) in [7, 11) is 0. The van der Waals surface area contributed by atoms with Crippen LogP contribution in [0.4, 0.5) is 0 Å². The van der Waals surface area contributed by atoms with E-state index in [1.54, 1.807) is 0 Å². The average Bonchev–Trinajstić information content (AvgIpc) is 2.68. The molecule has 14 heavy (non-hydrogen) atoms. The van der Waals surface area contributed by atoms with Crippen LogP contribution in [0.1, 0.15) is 44.9 Å². The zero-order valence-corrected chi connectivity index (χ0v) is 8.67. The molecule has 2 atom stereocenters. The van der Waals surface area contributed by atoms with Gasteiger partial charge in [-0.3, -0.25) is 4.79 Å². The third-order valence-corrected chi connectivity index (χ3v) is 4.32. The Balaban J connectivity index is 1.50. The fourth-order valence-electron chi connectivity index (χ4n) is 3.32. The molecule has 1 N–H and O–H groups in total. The minimum atomic E-state index is 0.365. The lowest BCUT2D eigenvalue weighted by atomic mass is 10.0. The molecule has 3 saturated carbocycles. The highest BCUT2D eigenvalue weighted by Gasteiger charge is 2.48. The van der Waals surface area contributed by atoms with Crippen molar-refractivity contribution in [3.63, 3.8) is 0 Å². The molecule has 0 aliphatic heterocycles. The Kier molecular flexibility index (Phi) is 2.03. The van der Waals surface area contributed by atoms with Crippen molar-refractivity contribution in [3.05, 3.63) is 0 Å². The molecule has 0 heterocycles. The van der Waals surface area contributed by atoms with Crippen molar-refractivity contribution < 1.29 is 4.79 Å². The van der Waals surface area contributed by atoms with E-state index < -0.39 is 0 Å². The molecule has 0 aromatic rings. The first-order chi connectivity index (χ1) is 6.83. The van der Waals surface area contributed by atoms with Gasteiger partial charge in [0.25, 0.3) is 0 Å². The summed E-state index contributed by atoms with van der Waals surface area (Å²) in [5.74, 6) is 2.59. The van der Waals surface area contributed by atoms with Crippen molar-refractivity contribution in [3.8, 4) is 0 Å². The van der Waals surface area contributed by atoms with Crippen LogP contribution in [0.5, 0.6) is 0 Å². The Morgan fingerprint density at radius 2 is 1.64 bits per heavy atom. The Morgan fingerprint density at radius 3 is 2.29 bits per heavy atom. The third-order valence-electron chi connectivity index (χ3n) is 4.32. The number of amides is 1. The lowest BCUT2D eigenvalue weighted by Gasteiger charge is -2.16. The monoisotopic (exact) mass is 193 g/mol. The highest BCUT2D eigenvalue weighted by Crippen LogP contribution is 2.54. The standard InChI is InChI=1S/C12H19NO/c14-12(13-11-3-1-2-4-11)10-6-8-5-9(8)7-10/h8-11H,1-7H2,(H,13,14). The second-order valence-electron chi connectivity index (χ2n) is 5.41. The molecule has 78 valence electrons. The quantitative estimate of drug-likeness (QED) is 0.715. The second kappa shape index (κ2) is 3.25. The Bertz CT molecular complexity index is 235. The van der Waals surface area contributed by atoms with Crippen LogP contribution in [0.2, 0.25) is 0 Å². The van der Waals surface area contributed by atoms with Gasteiger partial charge in [-0.1, -0.05) is 12.8 Å². The lowest BCUT2D eigenvalue weighted by Crippen LogP contribution is -2.36. The van der Waals surface area contributed by atoms with Gasteiger partial charge >= 0.3 is 0 Å². The fourth-order valence-corrected chi connectivity index (χ4v) is 3.32. The van der Waals surface area contributed by atoms with Gasteiger partial charge < -0.3 is 5.32 Å². The van der Waals surface area contributed by atoms with Crippen LogP contribution in [-0.2, 0) is 4.79 Å². The number of fused-ring (bicyclic) bond motifs is 1. The van der Waals surface area contributed by atoms with Crippen LogP contribution >= 0.6 is 0 Å². The van der Waals surface area contributed by atoms with Crippen molar-refractivity contribution in [2.75, 3.05) is 0 Å². The summed E-state index contributed by atoms with van der Waals surface area (Å²) in [5, 5.41) is 3.22. The molecule has 0 radical (unpaired) electrons. The van der Waals surface area contributed by atoms with Gasteiger partial charge in [-0.05, 0) is 43.9 Å². The van der Waals surface area contributed by atoms with E-state index in [1.165, 1.54) is 44.9 Å². The molecular weight excluding hydrogens is 174 g/mol. The Morgan fingerprint density at radius 1 is 1.00 bits per heavy atom. The maximum Gasteiger partial charge on any atom is 0.223 e. The molecular formula is C12H19NO. The highest BCUT2D eigenvalue weighted by atomic mass is 16.1. The zero-order chi connectivity index (χ0) is 9.54. The van der Waals surface area contributed by atoms with E-state index in [9.17, 15) is 4.79 Å². The second-order valence-corrected chi connectivity index (χ2v) is 5.41. The van der Waals surface area contributed by atoms with E-state index in [0.29, 0.717) is 17.9 Å². The largest absolute Gasteiger partial charge is 0.353 e. The van der Waals surface area contributed by atoms with Gasteiger partial charge in [-0.25, -0.2) is 0 Å². The van der Waals surface area contributed by atoms with Crippen molar-refractivity contribution in [2.45, 2.75) is 51.0 Å². The summed E-state index contributed by atoms with van der Waals surface area (Å²) in [6.45, 7) is 0. The van der Waals surface area contributed by atoms with Gasteiger partial charge in [-0.15, -0.1) is 0 Å². The molecule has 2 nitrogen and oxygen atoms in total. The van der Waals surface area contributed by atoms with Gasteiger partial charge in [0.1, 0.15) is 0 Å². The maximum atomic E-state index is 11.9. The average molecular weight is 193 g/mol. The fraction of sp³-hybridized carbons (Fsp3) is 0.917. The number of nitrogens with one attached hydrogen (secondary N) is 1. The Labute approximate surface area is 85.4 Å². The van der Waals surface area contributed by atoms with Gasteiger partial charge in [0.15, 0.2) is 0 Å². The van der Waals surface area contributed by atoms with E-state index in [-0.39, 0.29) is 0 Å². The normalized spacial score (nSPS) is 41.0. The van der Waals surface area contributed by atoms with E-state index in [1.807, 2.05) is 0 Å². The predicted octanol–water partition coefficient (Wildman–Crippen LogP) is 2.09. The molecule has 0 aromatic heterocycles. The molecule has 0 bridgehead atoms. The first-order valence-corrected chi connectivity index (χ1v) is 6.13. The predicted molar refractivity (Wildman–Crippen MR) is 54.7 cm³/mol. The van der Waals surface area contributed by atoms with E-state index in [4.69, 9.17) is 0 Å². The molecule has 0 saturated heterocycles. The third kappa shape index (κ3) is 1.55. The van der Waals surface area contributed by atoms with Crippen LogP contribution in [0, 0.1) is 17.8 Å². The van der Waals surface area contributed by atoms with E-state index >= 15 is 0 Å². The first-order valence-electron chi connectivity index (χ1n) is 6.13. The minimum Gasteiger partial charge on any atom is -0.353 e. The smallest absolute Gasteiger partial charge is 0.223 e. The maximum absolute atomic E-state index is 11.9. The summed E-state index contributed by atoms with van der Waals surface area (Å²) in [6.07, 6.45) is 8.82. The van der Waals surface area contributed by atoms with Crippen LogP contribution in [-0.4, -0.2) is 11.9 Å². The summed E-state index contributed by atoms with van der Waals surface area (Å²) in [4.78, 5) is 11.9. The van der Waals surface area contributed by atoms with Crippen molar-refractivity contribution in [2.24, 2.45) is 17.8 Å². The summed E-state index contributed by atoms with van der Waals surface area (Å²) in [6, 6.07) is 0.513. The van der Waals surface area contributed by atoms with Gasteiger partial charge in [0.2, 0.25) is 5.91 Å². The number of hydrogen-bond donors (Lipinski definition) is 1. The van der Waals surface area contributed by atoms with Crippen LogP contribution in [0.25, 0.3) is 0 Å². The zero-order valence-electron chi connectivity index (χ0n) is 8.67. The molecule has 3 fully saturated rings. The minimum absolute atomic E-state index is 0.365. The lowest BCUT2D eigenvalue weighted by molar-refractivity contribution is -0.125. The van der Waals surface area contributed by atoms with Crippen molar-refractivity contribution >= 4 is 5.91 Å². The number of carbonyl (C=O) groups is 1. The summed E-state index contributed by atoms with van der Waals surface area (Å²) < 4.78 is 0. The van der Waals surface area contributed by atoms with Crippen LogP contribution < -0.4 is 5.32 Å². The molecule has 3 rings (SSSR count). The molecule has 0 aromatic carbocycles. The van der Waals surface area contributed by atoms with Crippen molar-refractivity contribution in [1.82, 2.24) is 5.32 Å². The van der Waals surface area contributed by atoms with E-state index in [0.717, 1.165) is 11.8 Å². The first kappa shape index (κ1) is 8.75. The number of hydrogen-bond acceptors (Lipinski definition) is 1. The molecule has 3 aliphatic carbocycles. The number of carbonyl (C=O) groups excluding carboxylic acids is 1. The Hall–Kier alpha value is -0.530. The molecule has 1 amide bonds. The topological polar surface area (TPSA) is 29.1 Å². The number of rotatable bonds is 2. The van der Waals surface area contributed by atoms with E-state index in [2.05, 4.69) is 5.32 Å². The molecule has 0 spiro atoms. The summed E-state index contributed by atoms with van der Waals surface area (Å²) >= 11 is 0. The van der Waals surface area contributed by atoms with Gasteiger partial charge in [-0.2, -0.15) is 0 Å². The van der Waals surface area contributed by atoms with Crippen LogP contribution in [0.15, 0.2) is 0 Å².